The minimum absolute atomic E-state index is 0.0209. The van der Waals surface area contributed by atoms with Gasteiger partial charge in [0.2, 0.25) is 0 Å². The van der Waals surface area contributed by atoms with Gasteiger partial charge < -0.3 is 0 Å². The summed E-state index contributed by atoms with van der Waals surface area (Å²) in [5.41, 5.74) is 0.311. The van der Waals surface area contributed by atoms with Crippen molar-refractivity contribution in [2.75, 3.05) is 0 Å². The molecule has 0 saturated heterocycles. The highest BCUT2D eigenvalue weighted by Gasteiger charge is 2.18. The van der Waals surface area contributed by atoms with E-state index in [9.17, 15) is 8.78 Å². The Bertz CT molecular complexity index is 385. The van der Waals surface area contributed by atoms with Crippen LogP contribution < -0.4 is 0 Å². The van der Waals surface area contributed by atoms with Crippen LogP contribution in [0.5, 0.6) is 0 Å². The fraction of sp³-hybridized carbons (Fsp3) is 0.333. The third-order valence-corrected chi connectivity index (χ3v) is 2.17. The highest BCUT2D eigenvalue weighted by molar-refractivity contribution is 6.30. The Morgan fingerprint density at radius 2 is 2.29 bits per heavy atom. The standard InChI is InChI=1S/C9H7ClF2N2/c1-5-4-14-8(10)6(2-3-13)7(5)9(11)12/h4,9H,2H2,1H3. The molecule has 74 valence electrons. The van der Waals surface area contributed by atoms with Crippen molar-refractivity contribution in [2.45, 2.75) is 19.8 Å². The van der Waals surface area contributed by atoms with Gasteiger partial charge in [-0.25, -0.2) is 13.8 Å². The first-order valence-corrected chi connectivity index (χ1v) is 4.24. The highest BCUT2D eigenvalue weighted by atomic mass is 35.5. The number of pyridine rings is 1. The van der Waals surface area contributed by atoms with Crippen molar-refractivity contribution >= 4 is 11.6 Å². The third-order valence-electron chi connectivity index (χ3n) is 1.84. The summed E-state index contributed by atoms with van der Waals surface area (Å²) in [5.74, 6) is 0. The van der Waals surface area contributed by atoms with Gasteiger partial charge in [-0.2, -0.15) is 5.26 Å². The minimum atomic E-state index is -2.63. The number of hydrogen-bond acceptors (Lipinski definition) is 2. The van der Waals surface area contributed by atoms with Gasteiger partial charge in [0.15, 0.2) is 0 Å². The summed E-state index contributed by atoms with van der Waals surface area (Å²) in [6.45, 7) is 1.52. The number of aryl methyl sites for hydroxylation is 1. The van der Waals surface area contributed by atoms with Gasteiger partial charge in [-0.3, -0.25) is 0 Å². The molecular formula is C9H7ClF2N2. The first-order valence-electron chi connectivity index (χ1n) is 3.87. The lowest BCUT2D eigenvalue weighted by molar-refractivity contribution is 0.149. The van der Waals surface area contributed by atoms with E-state index in [2.05, 4.69) is 4.98 Å². The van der Waals surface area contributed by atoms with E-state index >= 15 is 0 Å². The molecule has 0 radical (unpaired) electrons. The Morgan fingerprint density at radius 1 is 1.64 bits per heavy atom. The monoisotopic (exact) mass is 216 g/mol. The largest absolute Gasteiger partial charge is 0.264 e. The van der Waals surface area contributed by atoms with E-state index in [1.807, 2.05) is 0 Å². The summed E-state index contributed by atoms with van der Waals surface area (Å²) in [7, 11) is 0. The number of hydrogen-bond donors (Lipinski definition) is 0. The molecule has 0 unspecified atom stereocenters. The lowest BCUT2D eigenvalue weighted by Gasteiger charge is -2.10. The normalized spacial score (nSPS) is 10.3. The summed E-state index contributed by atoms with van der Waals surface area (Å²) >= 11 is 5.63. The van der Waals surface area contributed by atoms with Crippen molar-refractivity contribution in [1.29, 1.82) is 5.26 Å². The van der Waals surface area contributed by atoms with E-state index in [1.54, 1.807) is 6.07 Å². The van der Waals surface area contributed by atoms with Gasteiger partial charge in [0.05, 0.1) is 12.5 Å². The third kappa shape index (κ3) is 1.99. The molecule has 5 heteroatoms. The van der Waals surface area contributed by atoms with Crippen LogP contribution in [0.1, 0.15) is 23.1 Å². The van der Waals surface area contributed by atoms with Gasteiger partial charge >= 0.3 is 0 Å². The maximum absolute atomic E-state index is 12.6. The first-order chi connectivity index (χ1) is 6.57. The zero-order chi connectivity index (χ0) is 10.7. The molecule has 0 N–H and O–H groups in total. The summed E-state index contributed by atoms with van der Waals surface area (Å²) in [6, 6.07) is 1.79. The summed E-state index contributed by atoms with van der Waals surface area (Å²) < 4.78 is 25.2. The molecule has 0 spiro atoms. The maximum atomic E-state index is 12.6. The van der Waals surface area contributed by atoms with Crippen molar-refractivity contribution < 1.29 is 8.78 Å². The fourth-order valence-electron chi connectivity index (χ4n) is 1.20. The molecule has 0 aliphatic heterocycles. The van der Waals surface area contributed by atoms with Crippen molar-refractivity contribution in [2.24, 2.45) is 0 Å². The van der Waals surface area contributed by atoms with E-state index in [0.29, 0.717) is 5.56 Å². The second-order valence-corrected chi connectivity index (χ2v) is 3.12. The number of nitrogens with zero attached hydrogens (tertiary/aromatic N) is 2. The minimum Gasteiger partial charge on any atom is -0.244 e. The Kier molecular flexibility index (Phi) is 3.37. The van der Waals surface area contributed by atoms with Crippen molar-refractivity contribution in [3.8, 4) is 6.07 Å². The molecule has 1 aromatic heterocycles. The molecule has 0 bridgehead atoms. The molecule has 1 rings (SSSR count). The van der Waals surface area contributed by atoms with E-state index < -0.39 is 6.43 Å². The topological polar surface area (TPSA) is 36.7 Å². The number of alkyl halides is 2. The Labute approximate surface area is 85.1 Å². The molecule has 0 aromatic carbocycles. The first kappa shape index (κ1) is 10.9. The molecule has 0 amide bonds. The molecule has 0 aliphatic carbocycles. The number of halogens is 3. The number of aromatic nitrogens is 1. The SMILES string of the molecule is Cc1cnc(Cl)c(CC#N)c1C(F)F. The number of nitriles is 1. The Balaban J connectivity index is 3.35. The van der Waals surface area contributed by atoms with Gasteiger partial charge in [0, 0.05) is 17.3 Å². The quantitative estimate of drug-likeness (QED) is 0.713. The van der Waals surface area contributed by atoms with Crippen LogP contribution >= 0.6 is 11.6 Å². The zero-order valence-electron chi connectivity index (χ0n) is 7.39. The average Bonchev–Trinajstić information content (AvgIpc) is 2.11. The van der Waals surface area contributed by atoms with Gasteiger partial charge in [0.25, 0.3) is 6.43 Å². The summed E-state index contributed by atoms with van der Waals surface area (Å²) in [6.07, 6.45) is -1.49. The van der Waals surface area contributed by atoms with E-state index in [4.69, 9.17) is 16.9 Å². The van der Waals surface area contributed by atoms with Crippen LogP contribution in [0.3, 0.4) is 0 Å². The predicted octanol–water partition coefficient (Wildman–Crippen LogP) is 3.05. The molecule has 14 heavy (non-hydrogen) atoms. The molecule has 1 aromatic rings. The molecular weight excluding hydrogens is 210 g/mol. The van der Waals surface area contributed by atoms with E-state index in [-0.39, 0.29) is 22.7 Å². The van der Waals surface area contributed by atoms with Crippen LogP contribution in [0.4, 0.5) is 8.78 Å². The lowest BCUT2D eigenvalue weighted by atomic mass is 10.0. The lowest BCUT2D eigenvalue weighted by Crippen LogP contribution is -2.00. The second-order valence-electron chi connectivity index (χ2n) is 2.76. The molecule has 0 atom stereocenters. The van der Waals surface area contributed by atoms with Gasteiger partial charge in [-0.05, 0) is 12.5 Å². The predicted molar refractivity (Wildman–Crippen MR) is 48.3 cm³/mol. The van der Waals surface area contributed by atoms with Crippen molar-refractivity contribution in [1.82, 2.24) is 4.98 Å². The Morgan fingerprint density at radius 3 is 2.79 bits per heavy atom. The fourth-order valence-corrected chi connectivity index (χ4v) is 1.42. The molecule has 0 fully saturated rings. The van der Waals surface area contributed by atoms with Crippen LogP contribution in [0.25, 0.3) is 0 Å². The molecule has 0 saturated carbocycles. The Hall–Kier alpha value is -1.21. The van der Waals surface area contributed by atoms with Crippen LogP contribution in [0.15, 0.2) is 6.20 Å². The maximum Gasteiger partial charge on any atom is 0.264 e. The molecule has 2 nitrogen and oxygen atoms in total. The summed E-state index contributed by atoms with van der Waals surface area (Å²) in [4.78, 5) is 3.72. The van der Waals surface area contributed by atoms with Crippen molar-refractivity contribution in [3.63, 3.8) is 0 Å². The smallest absolute Gasteiger partial charge is 0.244 e. The van der Waals surface area contributed by atoms with Crippen LogP contribution in [0.2, 0.25) is 5.15 Å². The average molecular weight is 217 g/mol. The van der Waals surface area contributed by atoms with E-state index in [1.165, 1.54) is 13.1 Å². The van der Waals surface area contributed by atoms with Gasteiger partial charge in [-0.1, -0.05) is 11.6 Å². The zero-order valence-corrected chi connectivity index (χ0v) is 8.15. The highest BCUT2D eigenvalue weighted by Crippen LogP contribution is 2.29. The van der Waals surface area contributed by atoms with Gasteiger partial charge in [0.1, 0.15) is 5.15 Å². The second kappa shape index (κ2) is 4.34. The van der Waals surface area contributed by atoms with E-state index in [0.717, 1.165) is 0 Å². The molecule has 0 aliphatic rings. The molecule has 1 heterocycles. The van der Waals surface area contributed by atoms with Gasteiger partial charge in [-0.15, -0.1) is 0 Å². The number of rotatable bonds is 2. The van der Waals surface area contributed by atoms with Crippen molar-refractivity contribution in [3.05, 3.63) is 28.0 Å². The summed E-state index contributed by atoms with van der Waals surface area (Å²) in [5, 5.41) is 8.44. The van der Waals surface area contributed by atoms with Crippen LogP contribution in [0, 0.1) is 18.3 Å². The van der Waals surface area contributed by atoms with Crippen LogP contribution in [-0.4, -0.2) is 4.98 Å². The van der Waals surface area contributed by atoms with Crippen LogP contribution in [-0.2, 0) is 6.42 Å².